The number of para-hydroxylation sites is 2. The minimum atomic E-state index is -4.89. The van der Waals surface area contributed by atoms with E-state index in [1.807, 2.05) is 0 Å². The molecule has 2 aromatic carbocycles. The lowest BCUT2D eigenvalue weighted by molar-refractivity contribution is -0.274. The second-order valence-corrected chi connectivity index (χ2v) is 6.99. The summed E-state index contributed by atoms with van der Waals surface area (Å²) in [6.07, 6.45) is -9.73. The molecule has 0 unspecified atom stereocenters. The number of halogens is 6. The van der Waals surface area contributed by atoms with Crippen molar-refractivity contribution in [3.05, 3.63) is 71.3 Å². The topological polar surface area (TPSA) is 81.7 Å². The van der Waals surface area contributed by atoms with Crippen molar-refractivity contribution in [2.45, 2.75) is 19.1 Å². The van der Waals surface area contributed by atoms with Crippen molar-refractivity contribution < 1.29 is 35.9 Å². The summed E-state index contributed by atoms with van der Waals surface area (Å²) in [6.45, 7) is -0.0406. The number of imidazole rings is 1. The van der Waals surface area contributed by atoms with Crippen LogP contribution in [0.2, 0.25) is 0 Å². The number of rotatable bonds is 5. The molecule has 4 rings (SSSR count). The molecule has 0 aliphatic carbocycles. The van der Waals surface area contributed by atoms with Crippen molar-refractivity contribution >= 4 is 28.4 Å². The maximum absolute atomic E-state index is 13.7. The van der Waals surface area contributed by atoms with Gasteiger partial charge in [0.15, 0.2) is 5.65 Å². The largest absolute Gasteiger partial charge is 0.573 e. The van der Waals surface area contributed by atoms with Gasteiger partial charge >= 0.3 is 12.5 Å². The molecular formula is C21H14F6N4O2. The van der Waals surface area contributed by atoms with Gasteiger partial charge in [0.05, 0.1) is 22.2 Å². The van der Waals surface area contributed by atoms with Crippen LogP contribution in [-0.4, -0.2) is 21.7 Å². The summed E-state index contributed by atoms with van der Waals surface area (Å²) in [6, 6.07) is 12.1. The van der Waals surface area contributed by atoms with Crippen molar-refractivity contribution in [2.75, 3.05) is 5.32 Å². The molecule has 6 nitrogen and oxygen atoms in total. The molecule has 0 saturated heterocycles. The molecule has 0 saturated carbocycles. The fraction of sp³-hybridized carbons (Fsp3) is 0.143. The summed E-state index contributed by atoms with van der Waals surface area (Å²) in [4.78, 5) is 16.1. The van der Waals surface area contributed by atoms with Gasteiger partial charge < -0.3 is 15.8 Å². The van der Waals surface area contributed by atoms with Gasteiger partial charge in [-0.3, -0.25) is 9.20 Å². The second kappa shape index (κ2) is 7.87. The van der Waals surface area contributed by atoms with Gasteiger partial charge in [-0.2, -0.15) is 13.2 Å². The van der Waals surface area contributed by atoms with Crippen LogP contribution >= 0.6 is 0 Å². The molecule has 33 heavy (non-hydrogen) atoms. The fourth-order valence-corrected chi connectivity index (χ4v) is 3.43. The van der Waals surface area contributed by atoms with Crippen LogP contribution in [0.25, 0.3) is 16.7 Å². The molecular weight excluding hydrogens is 454 g/mol. The van der Waals surface area contributed by atoms with Crippen LogP contribution in [0.4, 0.5) is 32.2 Å². The first-order chi connectivity index (χ1) is 15.4. The molecule has 4 aromatic rings. The summed E-state index contributed by atoms with van der Waals surface area (Å²) >= 11 is 0. The Balaban J connectivity index is 1.78. The maximum Gasteiger partial charge on any atom is 0.573 e. The highest BCUT2D eigenvalue weighted by Crippen LogP contribution is 2.37. The number of pyridine rings is 1. The third-order valence-corrected chi connectivity index (χ3v) is 4.76. The molecule has 2 aromatic heterocycles. The van der Waals surface area contributed by atoms with Crippen LogP contribution in [-0.2, 0) is 12.7 Å². The van der Waals surface area contributed by atoms with E-state index in [-0.39, 0.29) is 18.0 Å². The summed E-state index contributed by atoms with van der Waals surface area (Å²) in [5.74, 6) is -1.75. The van der Waals surface area contributed by atoms with Crippen molar-refractivity contribution in [1.82, 2.24) is 9.38 Å². The van der Waals surface area contributed by atoms with Gasteiger partial charge in [0.1, 0.15) is 11.6 Å². The lowest BCUT2D eigenvalue weighted by atomic mass is 10.1. The Kier molecular flexibility index (Phi) is 5.30. The monoisotopic (exact) mass is 468 g/mol. The smallest absolute Gasteiger partial charge is 0.406 e. The predicted molar refractivity (Wildman–Crippen MR) is 107 cm³/mol. The van der Waals surface area contributed by atoms with E-state index >= 15 is 0 Å². The lowest BCUT2D eigenvalue weighted by Crippen LogP contribution is -2.21. The first kappa shape index (κ1) is 22.2. The Morgan fingerprint density at radius 1 is 1.03 bits per heavy atom. The van der Waals surface area contributed by atoms with Gasteiger partial charge in [-0.1, -0.05) is 24.3 Å². The normalized spacial score (nSPS) is 12.3. The zero-order valence-electron chi connectivity index (χ0n) is 16.5. The Morgan fingerprint density at radius 3 is 2.30 bits per heavy atom. The van der Waals surface area contributed by atoms with E-state index < -0.39 is 35.3 Å². The first-order valence-electron chi connectivity index (χ1n) is 9.34. The number of amides is 1. The van der Waals surface area contributed by atoms with Gasteiger partial charge in [-0.05, 0) is 35.9 Å². The Morgan fingerprint density at radius 2 is 1.70 bits per heavy atom. The standard InChI is InChI=1S/C21H14F6N4O2/c22-20(23,24)13-9-16(29-10-11-5-7-12(8-6-11)33-21(25,26)27)31-15-4-2-1-3-14(15)30-19(31)17(13)18(28)32/h1-9,29H,10H2,(H2,28,32). The number of fused-ring (bicyclic) bond motifs is 3. The number of primary amides is 1. The number of carbonyl (C=O) groups is 1. The van der Waals surface area contributed by atoms with Crippen molar-refractivity contribution in [3.8, 4) is 5.75 Å². The van der Waals surface area contributed by atoms with E-state index in [0.717, 1.165) is 18.2 Å². The number of carbonyl (C=O) groups excluding carboxylic acids is 1. The van der Waals surface area contributed by atoms with E-state index in [0.29, 0.717) is 16.6 Å². The van der Waals surface area contributed by atoms with Crippen molar-refractivity contribution in [1.29, 1.82) is 0 Å². The minimum absolute atomic E-state index is 0.0355. The summed E-state index contributed by atoms with van der Waals surface area (Å²) < 4.78 is 83.3. The van der Waals surface area contributed by atoms with Crippen LogP contribution in [0.3, 0.4) is 0 Å². The molecule has 0 fully saturated rings. The van der Waals surface area contributed by atoms with Crippen LogP contribution in [0.1, 0.15) is 21.5 Å². The quantitative estimate of drug-likeness (QED) is 0.399. The molecule has 0 atom stereocenters. The van der Waals surface area contributed by atoms with E-state index in [4.69, 9.17) is 5.73 Å². The lowest BCUT2D eigenvalue weighted by Gasteiger charge is -2.17. The summed E-state index contributed by atoms with van der Waals surface area (Å²) in [5.41, 5.74) is 4.22. The third-order valence-electron chi connectivity index (χ3n) is 4.76. The molecule has 2 heterocycles. The maximum atomic E-state index is 13.7. The van der Waals surface area contributed by atoms with Crippen molar-refractivity contribution in [3.63, 3.8) is 0 Å². The summed E-state index contributed by atoms with van der Waals surface area (Å²) in [7, 11) is 0. The molecule has 0 bridgehead atoms. The summed E-state index contributed by atoms with van der Waals surface area (Å²) in [5, 5.41) is 2.84. The highest BCUT2D eigenvalue weighted by atomic mass is 19.4. The number of benzene rings is 2. The minimum Gasteiger partial charge on any atom is -0.406 e. The molecule has 172 valence electrons. The Bertz CT molecular complexity index is 1340. The Labute approximate surface area is 181 Å². The van der Waals surface area contributed by atoms with Crippen LogP contribution < -0.4 is 15.8 Å². The molecule has 0 aliphatic heterocycles. The van der Waals surface area contributed by atoms with Crippen molar-refractivity contribution in [2.24, 2.45) is 5.73 Å². The van der Waals surface area contributed by atoms with Gasteiger partial charge in [-0.15, -0.1) is 13.2 Å². The molecule has 3 N–H and O–H groups in total. The molecule has 1 amide bonds. The van der Waals surface area contributed by atoms with Crippen LogP contribution in [0.5, 0.6) is 5.75 Å². The first-order valence-corrected chi connectivity index (χ1v) is 9.34. The van der Waals surface area contributed by atoms with Gasteiger partial charge in [0.2, 0.25) is 0 Å². The fourth-order valence-electron chi connectivity index (χ4n) is 3.43. The van der Waals surface area contributed by atoms with Gasteiger partial charge in [-0.25, -0.2) is 4.98 Å². The molecule has 12 heteroatoms. The predicted octanol–water partition coefficient (Wildman–Crippen LogP) is 5.12. The SMILES string of the molecule is NC(=O)c1c(C(F)(F)F)cc(NCc2ccc(OC(F)(F)F)cc2)n2c1nc1ccccc12. The van der Waals surface area contributed by atoms with E-state index in [9.17, 15) is 31.1 Å². The third kappa shape index (κ3) is 4.49. The zero-order valence-corrected chi connectivity index (χ0v) is 16.5. The number of aromatic nitrogens is 2. The van der Waals surface area contributed by atoms with Crippen LogP contribution in [0, 0.1) is 0 Å². The highest BCUT2D eigenvalue weighted by Gasteiger charge is 2.38. The number of alkyl halides is 6. The highest BCUT2D eigenvalue weighted by molar-refractivity contribution is 6.03. The number of anilines is 1. The van der Waals surface area contributed by atoms with E-state index in [2.05, 4.69) is 15.0 Å². The molecule has 0 spiro atoms. The van der Waals surface area contributed by atoms with Crippen LogP contribution in [0.15, 0.2) is 54.6 Å². The Hall–Kier alpha value is -3.96. The number of nitrogens with one attached hydrogen (secondary N) is 1. The number of nitrogens with zero attached hydrogens (tertiary/aromatic N) is 2. The number of hydrogen-bond acceptors (Lipinski definition) is 4. The molecule has 0 radical (unpaired) electrons. The zero-order chi connectivity index (χ0) is 24.0. The van der Waals surface area contributed by atoms with E-state index in [1.54, 1.807) is 24.3 Å². The average molecular weight is 468 g/mol. The van der Waals surface area contributed by atoms with E-state index in [1.165, 1.54) is 16.5 Å². The molecule has 0 aliphatic rings. The number of ether oxygens (including phenoxy) is 1. The average Bonchev–Trinajstić information content (AvgIpc) is 3.10. The van der Waals surface area contributed by atoms with Gasteiger partial charge in [0.25, 0.3) is 5.91 Å². The number of nitrogens with two attached hydrogens (primary N) is 1. The second-order valence-electron chi connectivity index (χ2n) is 6.99. The number of hydrogen-bond donors (Lipinski definition) is 2. The van der Waals surface area contributed by atoms with Gasteiger partial charge in [0, 0.05) is 6.54 Å².